The van der Waals surface area contributed by atoms with E-state index in [1.54, 1.807) is 35.6 Å². The van der Waals surface area contributed by atoms with Crippen LogP contribution in [0.2, 0.25) is 0 Å². The third kappa shape index (κ3) is 2.30. The number of ether oxygens (including phenoxy) is 1. The Labute approximate surface area is 182 Å². The van der Waals surface area contributed by atoms with E-state index in [1.807, 2.05) is 48.5 Å². The van der Waals surface area contributed by atoms with Gasteiger partial charge in [0.2, 0.25) is 0 Å². The van der Waals surface area contributed by atoms with Gasteiger partial charge < -0.3 is 9.14 Å². The number of hydrogen-bond donors (Lipinski definition) is 0. The van der Waals surface area contributed by atoms with E-state index in [-0.39, 0.29) is 35.0 Å². The maximum Gasteiger partial charge on any atom is 0.356 e. The lowest BCUT2D eigenvalue weighted by atomic mass is 9.84. The van der Waals surface area contributed by atoms with Gasteiger partial charge >= 0.3 is 5.97 Å². The van der Waals surface area contributed by atoms with Gasteiger partial charge in [-0.2, -0.15) is 0 Å². The maximum atomic E-state index is 13.5. The fourth-order valence-electron chi connectivity index (χ4n) is 4.81. The van der Waals surface area contributed by atoms with Crippen LogP contribution in [0.25, 0.3) is 27.2 Å². The topological polar surface area (TPSA) is 64.8 Å². The summed E-state index contributed by atoms with van der Waals surface area (Å²) in [7, 11) is 0. The summed E-state index contributed by atoms with van der Waals surface area (Å²) in [4.78, 5) is 40.2. The van der Waals surface area contributed by atoms with E-state index in [1.165, 1.54) is 0 Å². The molecule has 1 aliphatic rings. The van der Waals surface area contributed by atoms with Gasteiger partial charge in [-0.05, 0) is 29.8 Å². The van der Waals surface area contributed by atoms with Crippen molar-refractivity contribution in [2.75, 3.05) is 6.61 Å². The van der Waals surface area contributed by atoms with Crippen LogP contribution in [-0.2, 0) is 4.74 Å². The standard InChI is InChI=1S/C27H17NO4/c1-2-32-27(31)24-23-22(25(29)18-9-5-6-10-19(18)26(23)30)21-14-12-17-16-8-4-3-7-15(16)11-13-20(17)28(21)24/h3-14H,2H2,1H3. The predicted molar refractivity (Wildman–Crippen MR) is 122 cm³/mol. The van der Waals surface area contributed by atoms with Crippen LogP contribution in [0.4, 0.5) is 0 Å². The van der Waals surface area contributed by atoms with Gasteiger partial charge in [0.05, 0.1) is 28.8 Å². The largest absolute Gasteiger partial charge is 0.461 e. The van der Waals surface area contributed by atoms with Crippen molar-refractivity contribution in [3.63, 3.8) is 0 Å². The molecule has 2 heterocycles. The van der Waals surface area contributed by atoms with Crippen LogP contribution in [0.3, 0.4) is 0 Å². The van der Waals surface area contributed by atoms with Crippen molar-refractivity contribution in [3.05, 3.63) is 101 Å². The average Bonchev–Trinajstić information content (AvgIpc) is 3.18. The average molecular weight is 419 g/mol. The van der Waals surface area contributed by atoms with Crippen LogP contribution in [-0.4, -0.2) is 28.5 Å². The molecular formula is C27H17NO4. The van der Waals surface area contributed by atoms with E-state index in [0.29, 0.717) is 16.6 Å². The minimum Gasteiger partial charge on any atom is -0.461 e. The molecule has 0 bridgehead atoms. The maximum absolute atomic E-state index is 13.5. The van der Waals surface area contributed by atoms with Crippen molar-refractivity contribution >= 4 is 44.7 Å². The van der Waals surface area contributed by atoms with E-state index in [0.717, 1.165) is 21.7 Å². The number of aromatic nitrogens is 1. The Morgan fingerprint density at radius 1 is 0.750 bits per heavy atom. The van der Waals surface area contributed by atoms with Crippen molar-refractivity contribution in [2.24, 2.45) is 0 Å². The summed E-state index contributed by atoms with van der Waals surface area (Å²) in [5.41, 5.74) is 2.40. The van der Waals surface area contributed by atoms with E-state index in [9.17, 15) is 14.4 Å². The second kappa shape index (κ2) is 6.62. The Balaban J connectivity index is 1.81. The normalized spacial score (nSPS) is 12.9. The summed E-state index contributed by atoms with van der Waals surface area (Å²) >= 11 is 0. The molecule has 6 rings (SSSR count). The zero-order valence-electron chi connectivity index (χ0n) is 17.2. The second-order valence-corrected chi connectivity index (χ2v) is 7.80. The molecule has 2 aromatic heterocycles. The number of carbonyl (C=O) groups is 3. The third-order valence-electron chi connectivity index (χ3n) is 6.14. The van der Waals surface area contributed by atoms with Gasteiger partial charge in [0.15, 0.2) is 11.6 Å². The number of benzene rings is 3. The Bertz CT molecular complexity index is 1640. The van der Waals surface area contributed by atoms with Crippen LogP contribution in [0.15, 0.2) is 72.8 Å². The van der Waals surface area contributed by atoms with Crippen LogP contribution in [0, 0.1) is 0 Å². The summed E-state index contributed by atoms with van der Waals surface area (Å²) in [6.45, 7) is 1.88. The molecule has 0 unspecified atom stereocenters. The molecule has 0 saturated carbocycles. The highest BCUT2D eigenvalue weighted by Gasteiger charge is 2.38. The summed E-state index contributed by atoms with van der Waals surface area (Å²) in [6, 6.07) is 22.4. The lowest BCUT2D eigenvalue weighted by molar-refractivity contribution is 0.0516. The first-order valence-corrected chi connectivity index (χ1v) is 10.5. The zero-order valence-corrected chi connectivity index (χ0v) is 17.2. The predicted octanol–water partition coefficient (Wildman–Crippen LogP) is 5.20. The van der Waals surface area contributed by atoms with Gasteiger partial charge in [-0.25, -0.2) is 4.79 Å². The molecule has 0 aliphatic heterocycles. The van der Waals surface area contributed by atoms with Gasteiger partial charge in [-0.15, -0.1) is 0 Å². The molecular weight excluding hydrogens is 402 g/mol. The molecule has 5 aromatic rings. The molecule has 5 nitrogen and oxygen atoms in total. The number of ketones is 2. The van der Waals surface area contributed by atoms with E-state index < -0.39 is 5.97 Å². The highest BCUT2D eigenvalue weighted by Crippen LogP contribution is 2.37. The number of rotatable bonds is 2. The van der Waals surface area contributed by atoms with Crippen molar-refractivity contribution in [1.82, 2.24) is 4.40 Å². The van der Waals surface area contributed by atoms with Crippen molar-refractivity contribution < 1.29 is 19.1 Å². The molecule has 154 valence electrons. The lowest BCUT2D eigenvalue weighted by Gasteiger charge is -2.15. The molecule has 5 heteroatoms. The van der Waals surface area contributed by atoms with Crippen LogP contribution in [0.1, 0.15) is 49.3 Å². The van der Waals surface area contributed by atoms with Gasteiger partial charge in [-0.3, -0.25) is 9.59 Å². The summed E-state index contributed by atoms with van der Waals surface area (Å²) in [5, 5.41) is 3.01. The first-order chi connectivity index (χ1) is 15.6. The van der Waals surface area contributed by atoms with Gasteiger partial charge in [0, 0.05) is 16.5 Å². The summed E-state index contributed by atoms with van der Waals surface area (Å²) < 4.78 is 7.06. The van der Waals surface area contributed by atoms with E-state index >= 15 is 0 Å². The molecule has 0 spiro atoms. The zero-order chi connectivity index (χ0) is 22.0. The van der Waals surface area contributed by atoms with Crippen LogP contribution < -0.4 is 0 Å². The molecule has 0 fully saturated rings. The third-order valence-corrected chi connectivity index (χ3v) is 6.14. The fourth-order valence-corrected chi connectivity index (χ4v) is 4.81. The Kier molecular flexibility index (Phi) is 3.83. The lowest BCUT2D eigenvalue weighted by Crippen LogP contribution is -2.22. The quantitative estimate of drug-likeness (QED) is 0.286. The van der Waals surface area contributed by atoms with E-state index in [2.05, 4.69) is 0 Å². The second-order valence-electron chi connectivity index (χ2n) is 7.80. The number of carbonyl (C=O) groups excluding carboxylic acids is 3. The first kappa shape index (κ1) is 18.5. The molecule has 0 atom stereocenters. The molecule has 0 N–H and O–H groups in total. The Morgan fingerprint density at radius 3 is 2.16 bits per heavy atom. The van der Waals surface area contributed by atoms with Gasteiger partial charge in [0.25, 0.3) is 0 Å². The molecule has 0 radical (unpaired) electrons. The van der Waals surface area contributed by atoms with Gasteiger partial charge in [0.1, 0.15) is 5.69 Å². The SMILES string of the molecule is CCOC(=O)c1c2c(c3ccc4c5ccccc5ccc4n13)C(=O)c1ccccc1C2=O. The Morgan fingerprint density at radius 2 is 1.41 bits per heavy atom. The molecule has 0 saturated heterocycles. The summed E-state index contributed by atoms with van der Waals surface area (Å²) in [6.07, 6.45) is 0. The number of nitrogens with zero attached hydrogens (tertiary/aromatic N) is 1. The van der Waals surface area contributed by atoms with Crippen molar-refractivity contribution in [2.45, 2.75) is 6.92 Å². The smallest absolute Gasteiger partial charge is 0.356 e. The number of hydrogen-bond acceptors (Lipinski definition) is 4. The molecule has 1 aliphatic carbocycles. The number of esters is 1. The fraction of sp³-hybridized carbons (Fsp3) is 0.0741. The van der Waals surface area contributed by atoms with Crippen molar-refractivity contribution in [1.29, 1.82) is 0 Å². The monoisotopic (exact) mass is 419 g/mol. The van der Waals surface area contributed by atoms with Crippen molar-refractivity contribution in [3.8, 4) is 0 Å². The number of fused-ring (bicyclic) bond motifs is 8. The number of pyridine rings is 1. The van der Waals surface area contributed by atoms with Gasteiger partial charge in [-0.1, -0.05) is 60.7 Å². The highest BCUT2D eigenvalue weighted by molar-refractivity contribution is 6.33. The minimum absolute atomic E-state index is 0.102. The minimum atomic E-state index is -0.620. The molecule has 3 aromatic carbocycles. The highest BCUT2D eigenvalue weighted by atomic mass is 16.5. The summed E-state index contributed by atoms with van der Waals surface area (Å²) in [5.74, 6) is -1.22. The first-order valence-electron chi connectivity index (χ1n) is 10.5. The Hall–Kier alpha value is -4.25. The molecule has 0 amide bonds. The van der Waals surface area contributed by atoms with E-state index in [4.69, 9.17) is 4.74 Å². The molecule has 32 heavy (non-hydrogen) atoms. The van der Waals surface area contributed by atoms with Crippen LogP contribution in [0.5, 0.6) is 0 Å². The van der Waals surface area contributed by atoms with Crippen LogP contribution >= 0.6 is 0 Å².